The summed E-state index contributed by atoms with van der Waals surface area (Å²) in [6.07, 6.45) is 0. The molecule has 0 radical (unpaired) electrons. The minimum absolute atomic E-state index is 0.786. The van der Waals surface area contributed by atoms with Crippen LogP contribution in [-0.2, 0) is 0 Å². The number of allylic oxidation sites excluding steroid dienone is 2. The Morgan fingerprint density at radius 3 is 1.40 bits per heavy atom. The lowest BCUT2D eigenvalue weighted by Crippen LogP contribution is -1.95. The molecule has 2 heteroatoms. The summed E-state index contributed by atoms with van der Waals surface area (Å²) in [5.41, 5.74) is 3.52. The third-order valence-corrected chi connectivity index (χ3v) is 3.23. The molecule has 2 nitrogen and oxygen atoms in total. The molecule has 0 heterocycles. The van der Waals surface area contributed by atoms with Crippen molar-refractivity contribution in [2.24, 2.45) is 0 Å². The number of ether oxygens (including phenoxy) is 2. The molecule has 0 bridgehead atoms. The summed E-state index contributed by atoms with van der Waals surface area (Å²) < 4.78 is 10.8. The van der Waals surface area contributed by atoms with Crippen LogP contribution >= 0.6 is 0 Å². The fraction of sp³-hybridized carbons (Fsp3) is 0.111. The minimum Gasteiger partial charge on any atom is -0.496 e. The molecule has 2 aromatic carbocycles. The van der Waals surface area contributed by atoms with E-state index in [2.05, 4.69) is 13.2 Å². The summed E-state index contributed by atoms with van der Waals surface area (Å²) in [5, 5.41) is 0. The first-order chi connectivity index (χ1) is 9.69. The van der Waals surface area contributed by atoms with Crippen molar-refractivity contribution in [2.45, 2.75) is 0 Å². The van der Waals surface area contributed by atoms with Gasteiger partial charge in [-0.1, -0.05) is 49.6 Å². The van der Waals surface area contributed by atoms with Crippen molar-refractivity contribution < 1.29 is 9.47 Å². The molecule has 20 heavy (non-hydrogen) atoms. The quantitative estimate of drug-likeness (QED) is 0.745. The summed E-state index contributed by atoms with van der Waals surface area (Å²) >= 11 is 0. The number of hydrogen-bond donors (Lipinski definition) is 0. The zero-order valence-electron chi connectivity index (χ0n) is 11.8. The third kappa shape index (κ3) is 2.59. The highest BCUT2D eigenvalue weighted by molar-refractivity contribution is 6.05. The van der Waals surface area contributed by atoms with E-state index in [1.54, 1.807) is 14.2 Å². The molecular formula is C18H18O2. The van der Waals surface area contributed by atoms with Gasteiger partial charge in [0.1, 0.15) is 11.5 Å². The fourth-order valence-electron chi connectivity index (χ4n) is 2.11. The van der Waals surface area contributed by atoms with Crippen molar-refractivity contribution in [3.63, 3.8) is 0 Å². The summed E-state index contributed by atoms with van der Waals surface area (Å²) in [7, 11) is 3.30. The van der Waals surface area contributed by atoms with Crippen molar-refractivity contribution >= 4 is 11.1 Å². The Labute approximate surface area is 120 Å². The first kappa shape index (κ1) is 13.9. The molecule has 0 fully saturated rings. The molecule has 0 amide bonds. The smallest absolute Gasteiger partial charge is 0.126 e. The van der Waals surface area contributed by atoms with Crippen molar-refractivity contribution in [2.75, 3.05) is 14.2 Å². The molecule has 0 aromatic heterocycles. The van der Waals surface area contributed by atoms with Gasteiger partial charge in [-0.25, -0.2) is 0 Å². The number of methoxy groups -OCH3 is 2. The van der Waals surface area contributed by atoms with Gasteiger partial charge in [0, 0.05) is 11.1 Å². The Kier molecular flexibility index (Phi) is 4.26. The highest BCUT2D eigenvalue weighted by Crippen LogP contribution is 2.36. The maximum atomic E-state index is 5.38. The SMILES string of the molecule is C=C(C(=C)c1ccccc1OC)c1ccccc1OC. The minimum atomic E-state index is 0.786. The van der Waals surface area contributed by atoms with Crippen molar-refractivity contribution in [1.82, 2.24) is 0 Å². The van der Waals surface area contributed by atoms with Crippen molar-refractivity contribution in [1.29, 1.82) is 0 Å². The molecule has 102 valence electrons. The van der Waals surface area contributed by atoms with Gasteiger partial charge in [0.25, 0.3) is 0 Å². The van der Waals surface area contributed by atoms with Crippen LogP contribution in [0.15, 0.2) is 61.7 Å². The Morgan fingerprint density at radius 1 is 0.700 bits per heavy atom. The Hall–Kier alpha value is -2.48. The molecule has 0 atom stereocenters. The van der Waals surface area contributed by atoms with E-state index in [0.29, 0.717) is 0 Å². The maximum Gasteiger partial charge on any atom is 0.126 e. The van der Waals surface area contributed by atoms with Crippen LogP contribution < -0.4 is 9.47 Å². The van der Waals surface area contributed by atoms with E-state index in [9.17, 15) is 0 Å². The largest absolute Gasteiger partial charge is 0.496 e. The van der Waals surface area contributed by atoms with Gasteiger partial charge in [-0.15, -0.1) is 0 Å². The predicted molar refractivity (Wildman–Crippen MR) is 84.1 cm³/mol. The van der Waals surface area contributed by atoms with Crippen LogP contribution in [0, 0.1) is 0 Å². The summed E-state index contributed by atoms with van der Waals surface area (Å²) in [6.45, 7) is 8.30. The van der Waals surface area contributed by atoms with Crippen LogP contribution in [0.25, 0.3) is 11.1 Å². The molecule has 0 saturated carbocycles. The predicted octanol–water partition coefficient (Wildman–Crippen LogP) is 4.43. The lowest BCUT2D eigenvalue weighted by atomic mass is 9.94. The van der Waals surface area contributed by atoms with Gasteiger partial charge in [0.2, 0.25) is 0 Å². The van der Waals surface area contributed by atoms with Gasteiger partial charge in [-0.05, 0) is 23.3 Å². The summed E-state index contributed by atoms with van der Waals surface area (Å²) in [5.74, 6) is 1.57. The van der Waals surface area contributed by atoms with Gasteiger partial charge in [0.05, 0.1) is 14.2 Å². The molecule has 0 saturated heterocycles. The van der Waals surface area contributed by atoms with E-state index in [0.717, 1.165) is 33.8 Å². The van der Waals surface area contributed by atoms with E-state index in [1.807, 2.05) is 48.5 Å². The van der Waals surface area contributed by atoms with E-state index in [4.69, 9.17) is 9.47 Å². The van der Waals surface area contributed by atoms with Crippen molar-refractivity contribution in [3.8, 4) is 11.5 Å². The third-order valence-electron chi connectivity index (χ3n) is 3.23. The molecular weight excluding hydrogens is 248 g/mol. The van der Waals surface area contributed by atoms with E-state index < -0.39 is 0 Å². The number of hydrogen-bond acceptors (Lipinski definition) is 2. The van der Waals surface area contributed by atoms with E-state index >= 15 is 0 Å². The second-order valence-electron chi connectivity index (χ2n) is 4.36. The first-order valence-corrected chi connectivity index (χ1v) is 6.34. The average molecular weight is 266 g/mol. The van der Waals surface area contributed by atoms with Crippen LogP contribution in [0.3, 0.4) is 0 Å². The Bertz CT molecular complexity index is 584. The summed E-state index contributed by atoms with van der Waals surface area (Å²) in [4.78, 5) is 0. The fourth-order valence-corrected chi connectivity index (χ4v) is 2.11. The van der Waals surface area contributed by atoms with Crippen molar-refractivity contribution in [3.05, 3.63) is 72.8 Å². The van der Waals surface area contributed by atoms with Crippen LogP contribution in [0.4, 0.5) is 0 Å². The molecule has 0 aliphatic heterocycles. The van der Waals surface area contributed by atoms with E-state index in [1.165, 1.54) is 0 Å². The van der Waals surface area contributed by atoms with Crippen LogP contribution in [0.1, 0.15) is 11.1 Å². The normalized spacial score (nSPS) is 9.90. The lowest BCUT2D eigenvalue weighted by molar-refractivity contribution is 0.413. The molecule has 0 aliphatic rings. The topological polar surface area (TPSA) is 18.5 Å². The second-order valence-corrected chi connectivity index (χ2v) is 4.36. The van der Waals surface area contributed by atoms with Gasteiger partial charge in [-0.2, -0.15) is 0 Å². The zero-order valence-corrected chi connectivity index (χ0v) is 11.8. The van der Waals surface area contributed by atoms with Crippen LogP contribution in [0.2, 0.25) is 0 Å². The highest BCUT2D eigenvalue weighted by atomic mass is 16.5. The molecule has 0 spiro atoms. The highest BCUT2D eigenvalue weighted by Gasteiger charge is 2.13. The Morgan fingerprint density at radius 2 is 1.05 bits per heavy atom. The monoisotopic (exact) mass is 266 g/mol. The van der Waals surface area contributed by atoms with Crippen LogP contribution in [0.5, 0.6) is 11.5 Å². The number of para-hydroxylation sites is 2. The standard InChI is InChI=1S/C18H18O2/c1-13(15-9-5-7-11-17(15)19-3)14(2)16-10-6-8-12-18(16)20-4/h5-12H,1-2H2,3-4H3. The second kappa shape index (κ2) is 6.11. The lowest BCUT2D eigenvalue weighted by Gasteiger charge is -2.15. The molecule has 2 rings (SSSR count). The number of benzene rings is 2. The van der Waals surface area contributed by atoms with Gasteiger partial charge in [0.15, 0.2) is 0 Å². The molecule has 0 aliphatic carbocycles. The molecule has 2 aromatic rings. The summed E-state index contributed by atoms with van der Waals surface area (Å²) in [6, 6.07) is 15.6. The number of rotatable bonds is 5. The maximum absolute atomic E-state index is 5.38. The first-order valence-electron chi connectivity index (χ1n) is 6.34. The van der Waals surface area contributed by atoms with Gasteiger partial charge >= 0.3 is 0 Å². The van der Waals surface area contributed by atoms with Crippen LogP contribution in [-0.4, -0.2) is 14.2 Å². The van der Waals surface area contributed by atoms with Gasteiger partial charge < -0.3 is 9.47 Å². The van der Waals surface area contributed by atoms with Gasteiger partial charge in [-0.3, -0.25) is 0 Å². The molecule has 0 unspecified atom stereocenters. The average Bonchev–Trinajstić information content (AvgIpc) is 2.53. The molecule has 0 N–H and O–H groups in total. The zero-order chi connectivity index (χ0) is 14.5. The van der Waals surface area contributed by atoms with E-state index in [-0.39, 0.29) is 0 Å². The Balaban J connectivity index is 2.41.